The number of imidazole rings is 1. The van der Waals surface area contributed by atoms with Crippen molar-refractivity contribution in [3.63, 3.8) is 0 Å². The average Bonchev–Trinajstić information content (AvgIpc) is 2.99. The van der Waals surface area contributed by atoms with E-state index in [0.717, 1.165) is 23.8 Å². The van der Waals surface area contributed by atoms with Gasteiger partial charge in [-0.15, -0.1) is 11.8 Å². The number of aryl methyl sites for hydroxylation is 1. The first kappa shape index (κ1) is 15.1. The van der Waals surface area contributed by atoms with Crippen LogP contribution in [0, 0.1) is 0 Å². The van der Waals surface area contributed by atoms with Gasteiger partial charge in [0, 0.05) is 56.4 Å². The number of hydrogen-bond acceptors (Lipinski definition) is 5. The summed E-state index contributed by atoms with van der Waals surface area (Å²) in [6, 6.07) is 3.84. The Kier molecular flexibility index (Phi) is 4.74. The first-order chi connectivity index (χ1) is 10.8. The van der Waals surface area contributed by atoms with Gasteiger partial charge in [0.2, 0.25) is 5.91 Å². The molecule has 7 heteroatoms. The van der Waals surface area contributed by atoms with Gasteiger partial charge in [-0.05, 0) is 12.1 Å². The largest absolute Gasteiger partial charge is 0.336 e. The molecule has 6 nitrogen and oxygen atoms in total. The summed E-state index contributed by atoms with van der Waals surface area (Å²) in [5.41, 5.74) is 0. The van der Waals surface area contributed by atoms with E-state index in [1.165, 1.54) is 0 Å². The molecule has 1 unspecified atom stereocenters. The zero-order valence-electron chi connectivity index (χ0n) is 12.5. The van der Waals surface area contributed by atoms with Crippen LogP contribution in [-0.4, -0.2) is 50.7 Å². The molecule has 1 amide bonds. The molecule has 0 spiro atoms. The van der Waals surface area contributed by atoms with Crippen LogP contribution in [0.3, 0.4) is 0 Å². The number of amides is 1. The number of nitrogens with zero attached hydrogens (tertiary/aromatic N) is 4. The van der Waals surface area contributed by atoms with Crippen LogP contribution in [0.25, 0.3) is 0 Å². The molecule has 2 aromatic heterocycles. The molecule has 1 N–H and O–H groups in total. The van der Waals surface area contributed by atoms with Gasteiger partial charge in [-0.2, -0.15) is 0 Å². The Bertz CT molecular complexity index is 630. The van der Waals surface area contributed by atoms with E-state index in [-0.39, 0.29) is 11.9 Å². The maximum absolute atomic E-state index is 12.6. The summed E-state index contributed by atoms with van der Waals surface area (Å²) in [5, 5.41) is 3.35. The first-order valence-corrected chi connectivity index (χ1v) is 8.24. The van der Waals surface area contributed by atoms with E-state index in [1.807, 2.05) is 34.8 Å². The van der Waals surface area contributed by atoms with Gasteiger partial charge in [0.1, 0.15) is 11.9 Å². The Morgan fingerprint density at radius 1 is 1.41 bits per heavy atom. The Labute approximate surface area is 133 Å². The van der Waals surface area contributed by atoms with Crippen molar-refractivity contribution in [2.75, 3.05) is 25.4 Å². The van der Waals surface area contributed by atoms with E-state index in [2.05, 4.69) is 15.3 Å². The third-order valence-corrected chi connectivity index (χ3v) is 4.73. The van der Waals surface area contributed by atoms with E-state index in [0.29, 0.717) is 12.3 Å². The van der Waals surface area contributed by atoms with Gasteiger partial charge in [-0.3, -0.25) is 9.78 Å². The minimum atomic E-state index is -0.000657. The fourth-order valence-corrected chi connectivity index (χ4v) is 3.36. The monoisotopic (exact) mass is 317 g/mol. The van der Waals surface area contributed by atoms with Crippen LogP contribution in [0.2, 0.25) is 0 Å². The lowest BCUT2D eigenvalue weighted by molar-refractivity contribution is -0.131. The van der Waals surface area contributed by atoms with Gasteiger partial charge in [0.15, 0.2) is 0 Å². The molecule has 116 valence electrons. The second-order valence-corrected chi connectivity index (χ2v) is 6.22. The number of thioether (sulfide) groups is 1. The van der Waals surface area contributed by atoms with Crippen molar-refractivity contribution in [3.8, 4) is 0 Å². The molecule has 0 aliphatic carbocycles. The predicted octanol–water partition coefficient (Wildman–Crippen LogP) is 1.08. The van der Waals surface area contributed by atoms with Crippen LogP contribution in [0.15, 0.2) is 41.8 Å². The second kappa shape index (κ2) is 6.93. The van der Waals surface area contributed by atoms with Gasteiger partial charge in [-0.1, -0.05) is 0 Å². The summed E-state index contributed by atoms with van der Waals surface area (Å²) in [4.78, 5) is 24.0. The Morgan fingerprint density at radius 3 is 2.95 bits per heavy atom. The molecular weight excluding hydrogens is 298 g/mol. The summed E-state index contributed by atoms with van der Waals surface area (Å²) in [6.07, 6.45) is 7.18. The second-order valence-electron chi connectivity index (χ2n) is 5.17. The van der Waals surface area contributed by atoms with Crippen LogP contribution in [0.5, 0.6) is 0 Å². The number of nitrogens with one attached hydrogen (secondary N) is 1. The van der Waals surface area contributed by atoms with E-state index >= 15 is 0 Å². The molecule has 3 rings (SSSR count). The molecule has 1 saturated heterocycles. The van der Waals surface area contributed by atoms with Gasteiger partial charge in [0.05, 0.1) is 5.75 Å². The number of piperazine rings is 1. The van der Waals surface area contributed by atoms with Crippen molar-refractivity contribution in [1.82, 2.24) is 24.8 Å². The van der Waals surface area contributed by atoms with Crippen molar-refractivity contribution >= 4 is 17.7 Å². The third-order valence-electron chi connectivity index (χ3n) is 3.73. The Morgan fingerprint density at radius 2 is 2.23 bits per heavy atom. The quantitative estimate of drug-likeness (QED) is 0.855. The third kappa shape index (κ3) is 3.31. The minimum Gasteiger partial charge on any atom is -0.336 e. The minimum absolute atomic E-state index is 0.000657. The maximum Gasteiger partial charge on any atom is 0.233 e. The molecule has 2 aromatic rings. The SMILES string of the molecule is Cn1ccnc1C1CNCCN1C(=O)CSc1ccncc1. The number of carbonyl (C=O) groups is 1. The van der Waals surface area contributed by atoms with Gasteiger partial charge >= 0.3 is 0 Å². The van der Waals surface area contributed by atoms with Gasteiger partial charge in [-0.25, -0.2) is 4.98 Å². The number of pyridine rings is 1. The molecule has 1 fully saturated rings. The van der Waals surface area contributed by atoms with E-state index in [4.69, 9.17) is 0 Å². The number of carbonyl (C=O) groups excluding carboxylic acids is 1. The molecule has 3 heterocycles. The van der Waals surface area contributed by atoms with Crippen LogP contribution >= 0.6 is 11.8 Å². The lowest BCUT2D eigenvalue weighted by Crippen LogP contribution is -2.50. The summed E-state index contributed by atoms with van der Waals surface area (Å²) < 4.78 is 1.98. The van der Waals surface area contributed by atoms with Gasteiger partial charge < -0.3 is 14.8 Å². The highest BCUT2D eigenvalue weighted by Crippen LogP contribution is 2.23. The molecule has 0 aromatic carbocycles. The lowest BCUT2D eigenvalue weighted by atomic mass is 10.1. The Balaban J connectivity index is 1.68. The van der Waals surface area contributed by atoms with Crippen molar-refractivity contribution in [2.45, 2.75) is 10.9 Å². The summed E-state index contributed by atoms with van der Waals surface area (Å²) in [7, 11) is 1.96. The van der Waals surface area contributed by atoms with Crippen molar-refractivity contribution in [1.29, 1.82) is 0 Å². The number of rotatable bonds is 4. The highest BCUT2D eigenvalue weighted by Gasteiger charge is 2.30. The predicted molar refractivity (Wildman–Crippen MR) is 85.5 cm³/mol. The van der Waals surface area contributed by atoms with Crippen molar-refractivity contribution < 1.29 is 4.79 Å². The molecule has 1 atom stereocenters. The normalized spacial score (nSPS) is 18.4. The van der Waals surface area contributed by atoms with E-state index < -0.39 is 0 Å². The summed E-state index contributed by atoms with van der Waals surface area (Å²) >= 11 is 1.55. The zero-order valence-corrected chi connectivity index (χ0v) is 13.3. The van der Waals surface area contributed by atoms with Crippen LogP contribution in [-0.2, 0) is 11.8 Å². The van der Waals surface area contributed by atoms with Crippen LogP contribution in [0.4, 0.5) is 0 Å². The number of aromatic nitrogens is 3. The Hall–Kier alpha value is -1.86. The van der Waals surface area contributed by atoms with Crippen molar-refractivity contribution in [3.05, 3.63) is 42.7 Å². The highest BCUT2D eigenvalue weighted by atomic mass is 32.2. The highest BCUT2D eigenvalue weighted by molar-refractivity contribution is 8.00. The average molecular weight is 317 g/mol. The molecule has 0 radical (unpaired) electrons. The molecule has 1 aliphatic rings. The van der Waals surface area contributed by atoms with Crippen molar-refractivity contribution in [2.24, 2.45) is 7.05 Å². The maximum atomic E-state index is 12.6. The van der Waals surface area contributed by atoms with Crippen LogP contribution in [0.1, 0.15) is 11.9 Å². The fraction of sp³-hybridized carbons (Fsp3) is 0.400. The summed E-state index contributed by atoms with van der Waals surface area (Å²) in [6.45, 7) is 2.29. The van der Waals surface area contributed by atoms with E-state index in [1.54, 1.807) is 30.4 Å². The molecule has 0 bridgehead atoms. The van der Waals surface area contributed by atoms with E-state index in [9.17, 15) is 4.79 Å². The van der Waals surface area contributed by atoms with Crippen LogP contribution < -0.4 is 5.32 Å². The van der Waals surface area contributed by atoms with Gasteiger partial charge in [0.25, 0.3) is 0 Å². The molecule has 1 aliphatic heterocycles. The fourth-order valence-electron chi connectivity index (χ4n) is 2.59. The zero-order chi connectivity index (χ0) is 15.4. The topological polar surface area (TPSA) is 63.1 Å². The molecule has 0 saturated carbocycles. The standard InChI is InChI=1S/C15H19N5OS/c1-19-8-7-18-15(19)13-10-17-6-9-20(13)14(21)11-22-12-2-4-16-5-3-12/h2-5,7-8,13,17H,6,9-11H2,1H3. The number of hydrogen-bond donors (Lipinski definition) is 1. The summed E-state index contributed by atoms with van der Waals surface area (Å²) in [5.74, 6) is 1.51. The smallest absolute Gasteiger partial charge is 0.233 e. The first-order valence-electron chi connectivity index (χ1n) is 7.26. The molecular formula is C15H19N5OS. The molecule has 22 heavy (non-hydrogen) atoms. The lowest BCUT2D eigenvalue weighted by Gasteiger charge is -2.35.